The van der Waals surface area contributed by atoms with Crippen LogP contribution in [0.15, 0.2) is 69.6 Å². The number of phenols is 2. The van der Waals surface area contributed by atoms with Gasteiger partial charge in [0.05, 0.1) is 8.95 Å². The molecule has 0 atom stereocenters. The van der Waals surface area contributed by atoms with Crippen molar-refractivity contribution < 1.29 is 10.2 Å². The standard InChI is InChI=1S/C21H14Br2O2/c22-18-16-7-3-1-5-12(16)9-14(20(18)24)11-15-10-13-6-2-4-8-17(13)19(23)21(15)25/h1-10,24-25H,11H2. The molecule has 0 amide bonds. The lowest BCUT2D eigenvalue weighted by Gasteiger charge is -2.13. The van der Waals surface area contributed by atoms with E-state index in [2.05, 4.69) is 31.9 Å². The lowest BCUT2D eigenvalue weighted by Crippen LogP contribution is -1.93. The summed E-state index contributed by atoms with van der Waals surface area (Å²) in [6.07, 6.45) is 0.435. The highest BCUT2D eigenvalue weighted by Gasteiger charge is 2.15. The summed E-state index contributed by atoms with van der Waals surface area (Å²) in [6.45, 7) is 0. The van der Waals surface area contributed by atoms with Crippen LogP contribution in [0.1, 0.15) is 11.1 Å². The maximum atomic E-state index is 10.6. The van der Waals surface area contributed by atoms with E-state index < -0.39 is 0 Å². The lowest BCUT2D eigenvalue weighted by molar-refractivity contribution is 0.460. The van der Waals surface area contributed by atoms with E-state index in [4.69, 9.17) is 0 Å². The van der Waals surface area contributed by atoms with Crippen molar-refractivity contribution in [2.45, 2.75) is 6.42 Å². The second-order valence-electron chi connectivity index (χ2n) is 6.02. The zero-order chi connectivity index (χ0) is 17.6. The first-order chi connectivity index (χ1) is 12.1. The molecule has 2 nitrogen and oxygen atoms in total. The first kappa shape index (κ1) is 16.4. The molecular formula is C21H14Br2O2. The van der Waals surface area contributed by atoms with Crippen molar-refractivity contribution in [3.05, 3.63) is 80.7 Å². The van der Waals surface area contributed by atoms with Gasteiger partial charge in [-0.3, -0.25) is 0 Å². The second kappa shape index (κ2) is 6.36. The molecule has 0 fully saturated rings. The number of aromatic hydroxyl groups is 2. The summed E-state index contributed by atoms with van der Waals surface area (Å²) in [4.78, 5) is 0. The fourth-order valence-corrected chi connectivity index (χ4v) is 4.40. The molecule has 0 spiro atoms. The molecule has 25 heavy (non-hydrogen) atoms. The molecule has 4 rings (SSSR count). The van der Waals surface area contributed by atoms with E-state index in [0.717, 1.165) is 32.7 Å². The molecule has 0 unspecified atom stereocenters. The van der Waals surface area contributed by atoms with Gasteiger partial charge < -0.3 is 10.2 Å². The summed E-state index contributed by atoms with van der Waals surface area (Å²) < 4.78 is 1.36. The third kappa shape index (κ3) is 2.79. The smallest absolute Gasteiger partial charge is 0.133 e. The Kier molecular flexibility index (Phi) is 4.18. The number of fused-ring (bicyclic) bond motifs is 2. The van der Waals surface area contributed by atoms with Crippen LogP contribution in [-0.2, 0) is 6.42 Å². The van der Waals surface area contributed by atoms with Gasteiger partial charge in [0.2, 0.25) is 0 Å². The molecule has 2 N–H and O–H groups in total. The Morgan fingerprint density at radius 1 is 0.640 bits per heavy atom. The van der Waals surface area contributed by atoms with E-state index >= 15 is 0 Å². The van der Waals surface area contributed by atoms with Crippen LogP contribution in [-0.4, -0.2) is 10.2 Å². The molecule has 0 saturated carbocycles. The Labute approximate surface area is 162 Å². The summed E-state index contributed by atoms with van der Waals surface area (Å²) in [5.74, 6) is 0.421. The van der Waals surface area contributed by atoms with Gasteiger partial charge in [0, 0.05) is 17.5 Å². The summed E-state index contributed by atoms with van der Waals surface area (Å²) >= 11 is 6.99. The first-order valence-corrected chi connectivity index (χ1v) is 9.43. The van der Waals surface area contributed by atoms with Crippen LogP contribution >= 0.6 is 31.9 Å². The van der Waals surface area contributed by atoms with Gasteiger partial charge in [0.25, 0.3) is 0 Å². The summed E-state index contributed by atoms with van der Waals surface area (Å²) in [6, 6.07) is 19.7. The predicted molar refractivity (Wildman–Crippen MR) is 109 cm³/mol. The zero-order valence-corrected chi connectivity index (χ0v) is 16.3. The maximum absolute atomic E-state index is 10.6. The number of hydrogen-bond donors (Lipinski definition) is 2. The van der Waals surface area contributed by atoms with E-state index in [0.29, 0.717) is 15.4 Å². The molecule has 0 aliphatic heterocycles. The monoisotopic (exact) mass is 456 g/mol. The second-order valence-corrected chi connectivity index (χ2v) is 7.60. The molecule has 0 radical (unpaired) electrons. The molecule has 0 aromatic heterocycles. The molecule has 4 heteroatoms. The van der Waals surface area contributed by atoms with Crippen LogP contribution in [0.2, 0.25) is 0 Å². The third-order valence-corrected chi connectivity index (χ3v) is 6.06. The van der Waals surface area contributed by atoms with E-state index in [1.807, 2.05) is 60.7 Å². The van der Waals surface area contributed by atoms with Crippen LogP contribution in [0.5, 0.6) is 11.5 Å². The van der Waals surface area contributed by atoms with Gasteiger partial charge in [-0.1, -0.05) is 48.5 Å². The number of phenolic OH excluding ortho intramolecular Hbond substituents is 2. The Bertz CT molecular complexity index is 1030. The normalized spacial score (nSPS) is 11.3. The topological polar surface area (TPSA) is 40.5 Å². The van der Waals surface area contributed by atoms with Gasteiger partial charge in [-0.05, 0) is 65.5 Å². The zero-order valence-electron chi connectivity index (χ0n) is 13.1. The van der Waals surface area contributed by atoms with Gasteiger partial charge in [-0.2, -0.15) is 0 Å². The van der Waals surface area contributed by atoms with Crippen LogP contribution in [0, 0.1) is 0 Å². The fourth-order valence-electron chi connectivity index (χ4n) is 3.17. The van der Waals surface area contributed by atoms with Crippen LogP contribution in [0.3, 0.4) is 0 Å². The quantitative estimate of drug-likeness (QED) is 0.359. The highest BCUT2D eigenvalue weighted by atomic mass is 79.9. The predicted octanol–water partition coefficient (Wildman–Crippen LogP) is 6.52. The summed E-state index contributed by atoms with van der Waals surface area (Å²) in [7, 11) is 0. The lowest BCUT2D eigenvalue weighted by atomic mass is 9.97. The van der Waals surface area contributed by atoms with Gasteiger partial charge >= 0.3 is 0 Å². The molecule has 0 bridgehead atoms. The fraction of sp³-hybridized carbons (Fsp3) is 0.0476. The number of rotatable bonds is 2. The van der Waals surface area contributed by atoms with Crippen LogP contribution in [0.25, 0.3) is 21.5 Å². The van der Waals surface area contributed by atoms with E-state index in [-0.39, 0.29) is 11.5 Å². The highest BCUT2D eigenvalue weighted by molar-refractivity contribution is 9.11. The van der Waals surface area contributed by atoms with Gasteiger partial charge in [-0.15, -0.1) is 0 Å². The van der Waals surface area contributed by atoms with Crippen molar-refractivity contribution in [1.29, 1.82) is 0 Å². The maximum Gasteiger partial charge on any atom is 0.133 e. The minimum atomic E-state index is 0.211. The van der Waals surface area contributed by atoms with Crippen molar-refractivity contribution >= 4 is 53.4 Å². The average Bonchev–Trinajstić information content (AvgIpc) is 2.63. The van der Waals surface area contributed by atoms with Gasteiger partial charge in [-0.25, -0.2) is 0 Å². The summed E-state index contributed by atoms with van der Waals surface area (Å²) in [5.41, 5.74) is 1.53. The minimum absolute atomic E-state index is 0.211. The molecule has 0 aliphatic rings. The van der Waals surface area contributed by atoms with Gasteiger partial charge in [0.1, 0.15) is 11.5 Å². The SMILES string of the molecule is Oc1c(Cc2cc3ccccc3c(Br)c2O)cc2ccccc2c1Br. The van der Waals surface area contributed by atoms with E-state index in [1.54, 1.807) is 0 Å². The number of hydrogen-bond acceptors (Lipinski definition) is 2. The Hall–Kier alpha value is -2.04. The van der Waals surface area contributed by atoms with E-state index in [9.17, 15) is 10.2 Å². The molecule has 4 aromatic carbocycles. The highest BCUT2D eigenvalue weighted by Crippen LogP contribution is 2.40. The molecule has 0 saturated heterocycles. The Balaban J connectivity index is 1.88. The molecule has 124 valence electrons. The molecule has 4 aromatic rings. The average molecular weight is 458 g/mol. The largest absolute Gasteiger partial charge is 0.506 e. The van der Waals surface area contributed by atoms with Crippen LogP contribution in [0.4, 0.5) is 0 Å². The Morgan fingerprint density at radius 3 is 1.48 bits per heavy atom. The van der Waals surface area contributed by atoms with Crippen molar-refractivity contribution in [3.8, 4) is 11.5 Å². The molecule has 0 aliphatic carbocycles. The molecule has 0 heterocycles. The Morgan fingerprint density at radius 2 is 1.04 bits per heavy atom. The van der Waals surface area contributed by atoms with Crippen LogP contribution < -0.4 is 0 Å². The number of benzene rings is 4. The number of halogens is 2. The minimum Gasteiger partial charge on any atom is -0.506 e. The van der Waals surface area contributed by atoms with Crippen molar-refractivity contribution in [3.63, 3.8) is 0 Å². The van der Waals surface area contributed by atoms with Crippen molar-refractivity contribution in [2.24, 2.45) is 0 Å². The van der Waals surface area contributed by atoms with Crippen molar-refractivity contribution in [2.75, 3.05) is 0 Å². The summed E-state index contributed by atoms with van der Waals surface area (Å²) in [5, 5.41) is 25.2. The third-order valence-electron chi connectivity index (χ3n) is 4.46. The first-order valence-electron chi connectivity index (χ1n) is 7.84. The van der Waals surface area contributed by atoms with Crippen molar-refractivity contribution in [1.82, 2.24) is 0 Å². The van der Waals surface area contributed by atoms with Gasteiger partial charge in [0.15, 0.2) is 0 Å². The van der Waals surface area contributed by atoms with E-state index in [1.165, 1.54) is 0 Å². The molecular weight excluding hydrogens is 444 g/mol.